The Balaban J connectivity index is 2.08. The van der Waals surface area contributed by atoms with E-state index in [9.17, 15) is 13.6 Å². The third kappa shape index (κ3) is 1.73. The molecule has 1 rings (SSSR count). The molecule has 0 aromatic heterocycles. The summed E-state index contributed by atoms with van der Waals surface area (Å²) in [5.74, 6) is -2.50. The normalized spacial score (nSPS) is 23.8. The zero-order chi connectivity index (χ0) is 7.61. The van der Waals surface area contributed by atoms with Gasteiger partial charge in [0, 0.05) is 13.0 Å². The Kier molecular flexibility index (Phi) is 1.99. The van der Waals surface area contributed by atoms with E-state index in [1.165, 1.54) is 0 Å². The van der Waals surface area contributed by atoms with Crippen LogP contribution in [0.15, 0.2) is 0 Å². The van der Waals surface area contributed by atoms with E-state index in [2.05, 4.69) is 0 Å². The van der Waals surface area contributed by atoms with Gasteiger partial charge in [0.25, 0.3) is 5.92 Å². The summed E-state index contributed by atoms with van der Waals surface area (Å²) in [4.78, 5) is 11.4. The third-order valence-electron chi connectivity index (χ3n) is 1.47. The van der Waals surface area contributed by atoms with Crippen LogP contribution in [-0.2, 0) is 4.79 Å². The highest BCUT2D eigenvalue weighted by Crippen LogP contribution is 2.25. The van der Waals surface area contributed by atoms with Gasteiger partial charge in [-0.15, -0.1) is 0 Å². The number of nitrogens with zero attached hydrogens (tertiary/aromatic N) is 1. The van der Waals surface area contributed by atoms with Crippen LogP contribution in [0.2, 0.25) is 0 Å². The van der Waals surface area contributed by atoms with E-state index in [0.29, 0.717) is 13.0 Å². The SMILES string of the molecule is O=CCCN1CC(F)(F)C1. The highest BCUT2D eigenvalue weighted by atomic mass is 19.3. The van der Waals surface area contributed by atoms with Gasteiger partial charge in [-0.2, -0.15) is 0 Å². The number of hydrogen-bond acceptors (Lipinski definition) is 2. The molecule has 0 saturated carbocycles. The van der Waals surface area contributed by atoms with Gasteiger partial charge in [0.05, 0.1) is 13.1 Å². The smallest absolute Gasteiger partial charge is 0.272 e. The van der Waals surface area contributed by atoms with Gasteiger partial charge in [0.2, 0.25) is 0 Å². The number of likely N-dealkylation sites (tertiary alicyclic amines) is 1. The minimum absolute atomic E-state index is 0.180. The molecule has 0 aromatic carbocycles. The minimum atomic E-state index is -2.50. The van der Waals surface area contributed by atoms with Crippen molar-refractivity contribution in [1.82, 2.24) is 4.90 Å². The van der Waals surface area contributed by atoms with Crippen LogP contribution in [0.4, 0.5) is 8.78 Å². The summed E-state index contributed by atoms with van der Waals surface area (Å²) >= 11 is 0. The van der Waals surface area contributed by atoms with Crippen molar-refractivity contribution in [2.45, 2.75) is 12.3 Å². The summed E-state index contributed by atoms with van der Waals surface area (Å²) in [6.07, 6.45) is 1.10. The van der Waals surface area contributed by atoms with Gasteiger partial charge in [-0.05, 0) is 0 Å². The molecular formula is C6H9F2NO. The standard InChI is InChI=1S/C6H9F2NO/c7-6(8)4-9(5-6)2-1-3-10/h3H,1-2,4-5H2. The fourth-order valence-corrected chi connectivity index (χ4v) is 1.00. The second-order valence-electron chi connectivity index (χ2n) is 2.52. The number of rotatable bonds is 3. The minimum Gasteiger partial charge on any atom is -0.303 e. The molecule has 4 heteroatoms. The summed E-state index contributed by atoms with van der Waals surface area (Å²) in [5.41, 5.74) is 0. The molecule has 1 fully saturated rings. The molecule has 0 aliphatic carbocycles. The fraction of sp³-hybridized carbons (Fsp3) is 0.833. The number of hydrogen-bond donors (Lipinski definition) is 0. The topological polar surface area (TPSA) is 20.3 Å². The van der Waals surface area contributed by atoms with E-state index in [0.717, 1.165) is 6.29 Å². The summed E-state index contributed by atoms with van der Waals surface area (Å²) in [7, 11) is 0. The molecule has 1 saturated heterocycles. The molecule has 1 aliphatic rings. The third-order valence-corrected chi connectivity index (χ3v) is 1.47. The van der Waals surface area contributed by atoms with Gasteiger partial charge in [-0.1, -0.05) is 0 Å². The van der Waals surface area contributed by atoms with Gasteiger partial charge in [-0.3, -0.25) is 4.90 Å². The fourth-order valence-electron chi connectivity index (χ4n) is 1.00. The van der Waals surface area contributed by atoms with Gasteiger partial charge in [0.15, 0.2) is 0 Å². The van der Waals surface area contributed by atoms with Crippen LogP contribution in [0, 0.1) is 0 Å². The van der Waals surface area contributed by atoms with Gasteiger partial charge >= 0.3 is 0 Å². The van der Waals surface area contributed by atoms with Crippen LogP contribution in [-0.4, -0.2) is 36.7 Å². The first-order valence-electron chi connectivity index (χ1n) is 3.18. The molecule has 1 aliphatic heterocycles. The second-order valence-corrected chi connectivity index (χ2v) is 2.52. The summed E-state index contributed by atoms with van der Waals surface area (Å²) < 4.78 is 24.2. The first-order valence-corrected chi connectivity index (χ1v) is 3.18. The predicted molar refractivity (Wildman–Crippen MR) is 32.1 cm³/mol. The lowest BCUT2D eigenvalue weighted by Gasteiger charge is -2.38. The number of carbonyl (C=O) groups excluding carboxylic acids is 1. The monoisotopic (exact) mass is 149 g/mol. The molecule has 0 bridgehead atoms. The van der Waals surface area contributed by atoms with Gasteiger partial charge < -0.3 is 4.79 Å². The van der Waals surface area contributed by atoms with E-state index < -0.39 is 5.92 Å². The van der Waals surface area contributed by atoms with Crippen LogP contribution < -0.4 is 0 Å². The maximum Gasteiger partial charge on any atom is 0.272 e. The van der Waals surface area contributed by atoms with Crippen LogP contribution in [0.3, 0.4) is 0 Å². The second kappa shape index (κ2) is 2.62. The van der Waals surface area contributed by atoms with Crippen molar-refractivity contribution < 1.29 is 13.6 Å². The van der Waals surface area contributed by atoms with Crippen molar-refractivity contribution in [3.63, 3.8) is 0 Å². The van der Waals surface area contributed by atoms with Crippen molar-refractivity contribution in [3.05, 3.63) is 0 Å². The van der Waals surface area contributed by atoms with E-state index in [-0.39, 0.29) is 13.1 Å². The number of alkyl halides is 2. The molecule has 10 heavy (non-hydrogen) atoms. The van der Waals surface area contributed by atoms with Crippen LogP contribution in [0.25, 0.3) is 0 Å². The van der Waals surface area contributed by atoms with Gasteiger partial charge in [0.1, 0.15) is 6.29 Å². The summed E-state index contributed by atoms with van der Waals surface area (Å²) in [5, 5.41) is 0. The molecule has 0 aromatic rings. The largest absolute Gasteiger partial charge is 0.303 e. The van der Waals surface area contributed by atoms with Crippen molar-refractivity contribution >= 4 is 6.29 Å². The Bertz CT molecular complexity index is 130. The highest BCUT2D eigenvalue weighted by molar-refractivity contribution is 5.49. The lowest BCUT2D eigenvalue weighted by molar-refractivity contribution is -0.132. The van der Waals surface area contributed by atoms with Crippen LogP contribution in [0.1, 0.15) is 6.42 Å². The predicted octanol–water partition coefficient (Wildman–Crippen LogP) is 0.526. The molecule has 0 amide bonds. The van der Waals surface area contributed by atoms with E-state index in [1.54, 1.807) is 4.90 Å². The van der Waals surface area contributed by atoms with Crippen molar-refractivity contribution in [2.24, 2.45) is 0 Å². The highest BCUT2D eigenvalue weighted by Gasteiger charge is 2.42. The van der Waals surface area contributed by atoms with Crippen LogP contribution in [0.5, 0.6) is 0 Å². The maximum atomic E-state index is 12.1. The van der Waals surface area contributed by atoms with Crippen LogP contribution >= 0.6 is 0 Å². The van der Waals surface area contributed by atoms with Crippen molar-refractivity contribution in [1.29, 1.82) is 0 Å². The average Bonchev–Trinajstić information content (AvgIpc) is 1.78. The van der Waals surface area contributed by atoms with Gasteiger partial charge in [-0.25, -0.2) is 8.78 Å². The molecule has 2 nitrogen and oxygen atoms in total. The number of halogens is 2. The average molecular weight is 149 g/mol. The van der Waals surface area contributed by atoms with Crippen molar-refractivity contribution in [2.75, 3.05) is 19.6 Å². The number of aldehydes is 1. The summed E-state index contributed by atoms with van der Waals surface area (Å²) in [6, 6.07) is 0. The Morgan fingerprint density at radius 3 is 2.50 bits per heavy atom. The molecular weight excluding hydrogens is 140 g/mol. The van der Waals surface area contributed by atoms with E-state index >= 15 is 0 Å². The zero-order valence-corrected chi connectivity index (χ0v) is 5.52. The Morgan fingerprint density at radius 1 is 1.50 bits per heavy atom. The zero-order valence-electron chi connectivity index (χ0n) is 5.52. The Hall–Kier alpha value is -0.510. The lowest BCUT2D eigenvalue weighted by atomic mass is 10.1. The Morgan fingerprint density at radius 2 is 2.10 bits per heavy atom. The Labute approximate surface area is 57.8 Å². The summed E-state index contributed by atoms with van der Waals surface area (Å²) in [6.45, 7) is 0.112. The van der Waals surface area contributed by atoms with E-state index in [1.807, 2.05) is 0 Å². The number of carbonyl (C=O) groups is 1. The first-order chi connectivity index (χ1) is 4.64. The lowest BCUT2D eigenvalue weighted by Crippen LogP contribution is -2.56. The van der Waals surface area contributed by atoms with E-state index in [4.69, 9.17) is 0 Å². The molecule has 1 heterocycles. The quantitative estimate of drug-likeness (QED) is 0.545. The molecule has 0 unspecified atom stereocenters. The maximum absolute atomic E-state index is 12.1. The molecule has 0 atom stereocenters. The molecule has 58 valence electrons. The molecule has 0 N–H and O–H groups in total. The molecule has 0 spiro atoms. The van der Waals surface area contributed by atoms with Crippen molar-refractivity contribution in [3.8, 4) is 0 Å². The molecule has 0 radical (unpaired) electrons. The first kappa shape index (κ1) is 7.60.